The first-order chi connectivity index (χ1) is 14.8. The zero-order valence-electron chi connectivity index (χ0n) is 16.7. The summed E-state index contributed by atoms with van der Waals surface area (Å²) < 4.78 is 34.0. The third kappa shape index (κ3) is 4.87. The lowest BCUT2D eigenvalue weighted by Gasteiger charge is -2.28. The van der Waals surface area contributed by atoms with Gasteiger partial charge in [-0.2, -0.15) is 0 Å². The molecule has 0 saturated carbocycles. The van der Waals surface area contributed by atoms with E-state index in [2.05, 4.69) is 20.9 Å². The third-order valence-electron chi connectivity index (χ3n) is 4.50. The van der Waals surface area contributed by atoms with E-state index in [9.17, 15) is 18.4 Å². The van der Waals surface area contributed by atoms with Gasteiger partial charge in [-0.3, -0.25) is 19.3 Å². The number of sulfonamides is 1. The SMILES string of the molecule is COc1ccc(S(=O)(=O)N(Cc2cccnc2)c2c(Br)cc(C)cc2C(=O)NO)cc1. The fourth-order valence-corrected chi connectivity index (χ4v) is 5.43. The molecule has 31 heavy (non-hydrogen) atoms. The molecular formula is C21H20BrN3O5S. The van der Waals surface area contributed by atoms with E-state index in [-0.39, 0.29) is 22.7 Å². The molecule has 2 N–H and O–H groups in total. The highest BCUT2D eigenvalue weighted by atomic mass is 79.9. The Morgan fingerprint density at radius 2 is 1.94 bits per heavy atom. The van der Waals surface area contributed by atoms with Gasteiger partial charge in [-0.25, -0.2) is 13.9 Å². The summed E-state index contributed by atoms with van der Waals surface area (Å²) in [6, 6.07) is 12.6. The summed E-state index contributed by atoms with van der Waals surface area (Å²) in [7, 11) is -2.63. The number of anilines is 1. The van der Waals surface area contributed by atoms with Gasteiger partial charge in [-0.05, 0) is 76.4 Å². The molecule has 0 bridgehead atoms. The molecule has 1 aromatic heterocycles. The first-order valence-corrected chi connectivity index (χ1v) is 11.3. The number of aryl methyl sites for hydroxylation is 1. The zero-order chi connectivity index (χ0) is 22.6. The zero-order valence-corrected chi connectivity index (χ0v) is 19.1. The number of hydrogen-bond donors (Lipinski definition) is 2. The van der Waals surface area contributed by atoms with Crippen LogP contribution in [0.3, 0.4) is 0 Å². The van der Waals surface area contributed by atoms with Crippen molar-refractivity contribution in [1.82, 2.24) is 10.5 Å². The van der Waals surface area contributed by atoms with E-state index in [1.807, 2.05) is 0 Å². The normalized spacial score (nSPS) is 11.1. The second-order valence-corrected chi connectivity index (χ2v) is 9.35. The van der Waals surface area contributed by atoms with Crippen LogP contribution in [-0.2, 0) is 16.6 Å². The van der Waals surface area contributed by atoms with Gasteiger partial charge < -0.3 is 4.74 Å². The summed E-state index contributed by atoms with van der Waals surface area (Å²) in [6.45, 7) is 1.67. The van der Waals surface area contributed by atoms with Crippen molar-refractivity contribution < 1.29 is 23.2 Å². The molecule has 1 amide bonds. The van der Waals surface area contributed by atoms with E-state index < -0.39 is 15.9 Å². The Hall–Kier alpha value is -2.95. The molecule has 0 fully saturated rings. The average molecular weight is 506 g/mol. The lowest BCUT2D eigenvalue weighted by Crippen LogP contribution is -2.33. The molecule has 162 valence electrons. The van der Waals surface area contributed by atoms with Crippen LogP contribution >= 0.6 is 15.9 Å². The summed E-state index contributed by atoms with van der Waals surface area (Å²) in [5.41, 5.74) is 3.00. The minimum atomic E-state index is -4.12. The predicted octanol–water partition coefficient (Wildman–Crippen LogP) is 3.68. The molecule has 0 aliphatic rings. The highest BCUT2D eigenvalue weighted by Crippen LogP contribution is 2.36. The topological polar surface area (TPSA) is 109 Å². The lowest BCUT2D eigenvalue weighted by atomic mass is 10.1. The van der Waals surface area contributed by atoms with E-state index in [0.29, 0.717) is 21.3 Å². The van der Waals surface area contributed by atoms with Gasteiger partial charge in [-0.15, -0.1) is 0 Å². The highest BCUT2D eigenvalue weighted by molar-refractivity contribution is 9.10. The van der Waals surface area contributed by atoms with Gasteiger partial charge in [0.15, 0.2) is 0 Å². The largest absolute Gasteiger partial charge is 0.497 e. The molecular weight excluding hydrogens is 486 g/mol. The van der Waals surface area contributed by atoms with Gasteiger partial charge in [-0.1, -0.05) is 6.07 Å². The number of pyridine rings is 1. The molecule has 3 aromatic rings. The average Bonchev–Trinajstić information content (AvgIpc) is 2.77. The fourth-order valence-electron chi connectivity index (χ4n) is 3.04. The molecule has 10 heteroatoms. The van der Waals surface area contributed by atoms with E-state index in [4.69, 9.17) is 4.74 Å². The standard InChI is InChI=1S/C21H20BrN3O5S/c1-14-10-18(21(26)24-27)20(19(22)11-14)25(13-15-4-3-9-23-12-15)31(28,29)17-7-5-16(30-2)6-8-17/h3-12,27H,13H2,1-2H3,(H,24,26). The van der Waals surface area contributed by atoms with Crippen molar-refractivity contribution in [3.8, 4) is 5.75 Å². The van der Waals surface area contributed by atoms with E-state index in [1.165, 1.54) is 25.3 Å². The number of carbonyl (C=O) groups is 1. The van der Waals surface area contributed by atoms with Crippen molar-refractivity contribution in [3.63, 3.8) is 0 Å². The number of hydrogen-bond acceptors (Lipinski definition) is 6. The van der Waals surface area contributed by atoms with Crippen LogP contribution in [-0.4, -0.2) is 31.6 Å². The number of rotatable bonds is 7. The van der Waals surface area contributed by atoms with Gasteiger partial charge in [0.05, 0.1) is 29.8 Å². The number of halogens is 1. The van der Waals surface area contributed by atoms with E-state index in [1.54, 1.807) is 55.1 Å². The van der Waals surface area contributed by atoms with Crippen LogP contribution in [0.2, 0.25) is 0 Å². The second-order valence-electron chi connectivity index (χ2n) is 6.63. The van der Waals surface area contributed by atoms with Gasteiger partial charge in [0.1, 0.15) is 5.75 Å². The number of ether oxygens (including phenoxy) is 1. The maximum Gasteiger partial charge on any atom is 0.276 e. The van der Waals surface area contributed by atoms with Crippen molar-refractivity contribution in [2.75, 3.05) is 11.4 Å². The number of methoxy groups -OCH3 is 1. The molecule has 0 aliphatic heterocycles. The summed E-state index contributed by atoms with van der Waals surface area (Å²) in [6.07, 6.45) is 3.13. The summed E-state index contributed by atoms with van der Waals surface area (Å²) in [5, 5.41) is 9.24. The summed E-state index contributed by atoms with van der Waals surface area (Å²) in [5.74, 6) is -0.324. The molecule has 2 aromatic carbocycles. The number of nitrogens with zero attached hydrogens (tertiary/aromatic N) is 2. The molecule has 3 rings (SSSR count). The predicted molar refractivity (Wildman–Crippen MR) is 119 cm³/mol. The Morgan fingerprint density at radius 3 is 2.52 bits per heavy atom. The molecule has 0 atom stereocenters. The van der Waals surface area contributed by atoms with E-state index >= 15 is 0 Å². The first-order valence-electron chi connectivity index (χ1n) is 9.08. The number of aromatic nitrogens is 1. The highest BCUT2D eigenvalue weighted by Gasteiger charge is 2.31. The van der Waals surface area contributed by atoms with Crippen LogP contribution in [0.1, 0.15) is 21.5 Å². The van der Waals surface area contributed by atoms with Crippen LogP contribution < -0.4 is 14.5 Å². The molecule has 0 radical (unpaired) electrons. The van der Waals surface area contributed by atoms with Crippen LogP contribution in [0.4, 0.5) is 5.69 Å². The number of amides is 1. The second kappa shape index (κ2) is 9.46. The van der Waals surface area contributed by atoms with Crippen molar-refractivity contribution >= 4 is 37.5 Å². The van der Waals surface area contributed by atoms with Gasteiger partial charge in [0.25, 0.3) is 15.9 Å². The smallest absolute Gasteiger partial charge is 0.276 e. The van der Waals surface area contributed by atoms with Crippen LogP contribution in [0, 0.1) is 6.92 Å². The Morgan fingerprint density at radius 1 is 1.23 bits per heavy atom. The summed E-state index contributed by atoms with van der Waals surface area (Å²) >= 11 is 3.39. The minimum Gasteiger partial charge on any atom is -0.497 e. The van der Waals surface area contributed by atoms with Crippen LogP contribution in [0.15, 0.2) is 70.3 Å². The quantitative estimate of drug-likeness (QED) is 0.374. The molecule has 0 spiro atoms. The molecule has 0 aliphatic carbocycles. The Bertz CT molecular complexity index is 1190. The number of nitrogens with one attached hydrogen (secondary N) is 1. The number of benzene rings is 2. The first kappa shape index (κ1) is 22.7. The van der Waals surface area contributed by atoms with Crippen molar-refractivity contribution in [3.05, 3.63) is 82.1 Å². The summed E-state index contributed by atoms with van der Waals surface area (Å²) in [4.78, 5) is 16.5. The number of hydroxylamine groups is 1. The maximum absolute atomic E-state index is 13.7. The monoisotopic (exact) mass is 505 g/mol. The minimum absolute atomic E-state index is 0.00430. The molecule has 1 heterocycles. The van der Waals surface area contributed by atoms with Crippen LogP contribution in [0.5, 0.6) is 5.75 Å². The van der Waals surface area contributed by atoms with Crippen LogP contribution in [0.25, 0.3) is 0 Å². The Balaban J connectivity index is 2.24. The third-order valence-corrected chi connectivity index (χ3v) is 6.86. The Kier molecular flexibility index (Phi) is 6.94. The molecule has 0 unspecified atom stereocenters. The van der Waals surface area contributed by atoms with Gasteiger partial charge >= 0.3 is 0 Å². The van der Waals surface area contributed by atoms with Gasteiger partial charge in [0.2, 0.25) is 0 Å². The molecule has 0 saturated heterocycles. The van der Waals surface area contributed by atoms with Crippen molar-refractivity contribution in [2.24, 2.45) is 0 Å². The lowest BCUT2D eigenvalue weighted by molar-refractivity contribution is 0.0707. The fraction of sp³-hybridized carbons (Fsp3) is 0.143. The van der Waals surface area contributed by atoms with Crippen molar-refractivity contribution in [1.29, 1.82) is 0 Å². The molecule has 8 nitrogen and oxygen atoms in total. The van der Waals surface area contributed by atoms with E-state index in [0.717, 1.165) is 4.31 Å². The van der Waals surface area contributed by atoms with Gasteiger partial charge in [0, 0.05) is 16.9 Å². The number of carbonyl (C=O) groups excluding carboxylic acids is 1. The Labute approximate surface area is 188 Å². The maximum atomic E-state index is 13.7. The van der Waals surface area contributed by atoms with Crippen molar-refractivity contribution in [2.45, 2.75) is 18.4 Å².